The maximum absolute atomic E-state index is 11.1. The van der Waals surface area contributed by atoms with E-state index >= 15 is 0 Å². The number of nitrogens with one attached hydrogen (secondary N) is 1. The average Bonchev–Trinajstić information content (AvgIpc) is 2.64. The van der Waals surface area contributed by atoms with Gasteiger partial charge in [0.15, 0.2) is 0 Å². The largest absolute Gasteiger partial charge is 0.465 e. The van der Waals surface area contributed by atoms with Crippen LogP contribution in [0, 0.1) is 0 Å². The Morgan fingerprint density at radius 1 is 0.769 bits per heavy atom. The van der Waals surface area contributed by atoms with E-state index in [1.54, 1.807) is 0 Å². The molecule has 1 N–H and O–H groups in total. The van der Waals surface area contributed by atoms with Crippen LogP contribution >= 0.6 is 0 Å². The molecule has 0 heterocycles. The average molecular weight is 368 g/mol. The molecule has 0 rings (SSSR count). The fourth-order valence-electron chi connectivity index (χ4n) is 2.88. The van der Waals surface area contributed by atoms with Crippen LogP contribution in [0.4, 0.5) is 0 Å². The first-order valence-electron chi connectivity index (χ1n) is 10.8. The van der Waals surface area contributed by atoms with Crippen molar-refractivity contribution in [1.29, 1.82) is 0 Å². The Morgan fingerprint density at radius 2 is 1.27 bits per heavy atom. The lowest BCUT2D eigenvalue weighted by molar-refractivity contribution is -0.142. The standard InChI is InChI=1S/C22H41NO3/c1-2-26-22(25)21-23-19-17-15-13-11-9-7-5-3-4-6-8-10-12-14-16-18-20-24/h3-4,20,23H,2,5-19,21H2,1H3. The SMILES string of the molecule is CCOC(=O)CNCCCCCCCCC=CCCCCCCCC=O. The fourth-order valence-corrected chi connectivity index (χ4v) is 2.88. The molecular formula is C22H41NO3. The monoisotopic (exact) mass is 367 g/mol. The van der Waals surface area contributed by atoms with Crippen molar-refractivity contribution in [3.63, 3.8) is 0 Å². The van der Waals surface area contributed by atoms with Crippen LogP contribution in [0.15, 0.2) is 12.2 Å². The summed E-state index contributed by atoms with van der Waals surface area (Å²) in [7, 11) is 0. The second-order valence-corrected chi connectivity index (χ2v) is 6.87. The molecule has 0 amide bonds. The first-order chi connectivity index (χ1) is 12.8. The van der Waals surface area contributed by atoms with Crippen LogP contribution in [0.5, 0.6) is 0 Å². The van der Waals surface area contributed by atoms with E-state index in [-0.39, 0.29) is 5.97 Å². The van der Waals surface area contributed by atoms with Crippen LogP contribution in [0.3, 0.4) is 0 Å². The van der Waals surface area contributed by atoms with Crippen molar-refractivity contribution in [3.8, 4) is 0 Å². The van der Waals surface area contributed by atoms with Crippen LogP contribution in [0.2, 0.25) is 0 Å². The van der Waals surface area contributed by atoms with E-state index in [2.05, 4.69) is 17.5 Å². The summed E-state index contributed by atoms with van der Waals surface area (Å²) in [5, 5.41) is 3.12. The molecular weight excluding hydrogens is 326 g/mol. The van der Waals surface area contributed by atoms with Gasteiger partial charge in [-0.25, -0.2) is 0 Å². The van der Waals surface area contributed by atoms with E-state index < -0.39 is 0 Å². The quantitative estimate of drug-likeness (QED) is 0.136. The maximum atomic E-state index is 11.1. The zero-order chi connectivity index (χ0) is 19.1. The zero-order valence-corrected chi connectivity index (χ0v) is 17.0. The summed E-state index contributed by atoms with van der Waals surface area (Å²) in [5.74, 6) is -0.157. The molecule has 0 radical (unpaired) electrons. The second kappa shape index (κ2) is 21.9. The van der Waals surface area contributed by atoms with Gasteiger partial charge in [0.05, 0.1) is 13.2 Å². The molecule has 0 aromatic rings. The number of unbranched alkanes of at least 4 members (excludes halogenated alkanes) is 12. The van der Waals surface area contributed by atoms with Crippen LogP contribution in [-0.4, -0.2) is 32.0 Å². The maximum Gasteiger partial charge on any atom is 0.319 e. The molecule has 26 heavy (non-hydrogen) atoms. The number of rotatable bonds is 20. The van der Waals surface area contributed by atoms with Crippen LogP contribution in [0.25, 0.3) is 0 Å². The minimum Gasteiger partial charge on any atom is -0.465 e. The van der Waals surface area contributed by atoms with Gasteiger partial charge in [-0.2, -0.15) is 0 Å². The van der Waals surface area contributed by atoms with E-state index in [9.17, 15) is 9.59 Å². The lowest BCUT2D eigenvalue weighted by Gasteiger charge is -2.04. The number of ether oxygens (including phenoxy) is 1. The summed E-state index contributed by atoms with van der Waals surface area (Å²) in [6.07, 6.45) is 22.5. The van der Waals surface area contributed by atoms with E-state index in [1.807, 2.05) is 6.92 Å². The van der Waals surface area contributed by atoms with E-state index in [1.165, 1.54) is 70.6 Å². The van der Waals surface area contributed by atoms with E-state index in [0.717, 1.165) is 32.1 Å². The molecule has 0 saturated carbocycles. The summed E-state index contributed by atoms with van der Waals surface area (Å²) in [5.41, 5.74) is 0. The van der Waals surface area contributed by atoms with Crippen LogP contribution in [0.1, 0.15) is 96.8 Å². The molecule has 0 atom stereocenters. The Kier molecular flexibility index (Phi) is 20.9. The van der Waals surface area contributed by atoms with Crippen molar-refractivity contribution in [2.24, 2.45) is 0 Å². The number of carbonyl (C=O) groups is 2. The number of hydrogen-bond donors (Lipinski definition) is 1. The minimum atomic E-state index is -0.157. The highest BCUT2D eigenvalue weighted by molar-refractivity contribution is 5.71. The van der Waals surface area contributed by atoms with Crippen molar-refractivity contribution in [3.05, 3.63) is 12.2 Å². The van der Waals surface area contributed by atoms with Gasteiger partial charge in [-0.05, 0) is 52.0 Å². The highest BCUT2D eigenvalue weighted by Crippen LogP contribution is 2.09. The number of hydrogen-bond acceptors (Lipinski definition) is 4. The second-order valence-electron chi connectivity index (χ2n) is 6.87. The van der Waals surface area contributed by atoms with Crippen molar-refractivity contribution in [2.75, 3.05) is 19.7 Å². The fraction of sp³-hybridized carbons (Fsp3) is 0.818. The molecule has 0 fully saturated rings. The third-order valence-corrected chi connectivity index (χ3v) is 4.41. The molecule has 0 aliphatic rings. The van der Waals surface area contributed by atoms with Gasteiger partial charge >= 0.3 is 5.97 Å². The van der Waals surface area contributed by atoms with Gasteiger partial charge in [0.2, 0.25) is 0 Å². The summed E-state index contributed by atoms with van der Waals surface area (Å²) in [6.45, 7) is 3.52. The van der Waals surface area contributed by atoms with Gasteiger partial charge in [-0.1, -0.05) is 57.1 Å². The highest BCUT2D eigenvalue weighted by Gasteiger charge is 1.99. The van der Waals surface area contributed by atoms with Crippen LogP contribution in [-0.2, 0) is 14.3 Å². The normalized spacial score (nSPS) is 11.1. The smallest absolute Gasteiger partial charge is 0.319 e. The predicted molar refractivity (Wildman–Crippen MR) is 109 cm³/mol. The number of allylic oxidation sites excluding steroid dienone is 2. The molecule has 0 bridgehead atoms. The number of esters is 1. The Balaban J connectivity index is 3.12. The zero-order valence-electron chi connectivity index (χ0n) is 17.0. The van der Waals surface area contributed by atoms with Gasteiger partial charge in [-0.3, -0.25) is 4.79 Å². The van der Waals surface area contributed by atoms with E-state index in [0.29, 0.717) is 13.2 Å². The van der Waals surface area contributed by atoms with Crippen molar-refractivity contribution >= 4 is 12.3 Å². The molecule has 0 aliphatic carbocycles. The van der Waals surface area contributed by atoms with Crippen molar-refractivity contribution < 1.29 is 14.3 Å². The summed E-state index contributed by atoms with van der Waals surface area (Å²) in [6, 6.07) is 0. The molecule has 0 saturated heterocycles. The lowest BCUT2D eigenvalue weighted by atomic mass is 10.1. The predicted octanol–water partition coefficient (Wildman–Crippen LogP) is 5.36. The molecule has 0 aromatic heterocycles. The summed E-state index contributed by atoms with van der Waals surface area (Å²) < 4.78 is 4.86. The van der Waals surface area contributed by atoms with Crippen LogP contribution < -0.4 is 5.32 Å². The Morgan fingerprint density at radius 3 is 1.81 bits per heavy atom. The van der Waals surface area contributed by atoms with E-state index in [4.69, 9.17) is 4.74 Å². The molecule has 0 unspecified atom stereocenters. The molecule has 4 nitrogen and oxygen atoms in total. The Hall–Kier alpha value is -1.16. The third kappa shape index (κ3) is 20.9. The van der Waals surface area contributed by atoms with Gasteiger partial charge in [-0.15, -0.1) is 0 Å². The van der Waals surface area contributed by atoms with Crippen molar-refractivity contribution in [2.45, 2.75) is 96.8 Å². The third-order valence-electron chi connectivity index (χ3n) is 4.41. The lowest BCUT2D eigenvalue weighted by Crippen LogP contribution is -2.25. The van der Waals surface area contributed by atoms with Crippen molar-refractivity contribution in [1.82, 2.24) is 5.32 Å². The summed E-state index contributed by atoms with van der Waals surface area (Å²) in [4.78, 5) is 21.3. The highest BCUT2D eigenvalue weighted by atomic mass is 16.5. The number of carbonyl (C=O) groups excluding carboxylic acids is 2. The molecule has 0 spiro atoms. The Labute approximate surface area is 161 Å². The summed E-state index contributed by atoms with van der Waals surface area (Å²) >= 11 is 0. The minimum absolute atomic E-state index is 0.157. The molecule has 0 aromatic carbocycles. The van der Waals surface area contributed by atoms with Gasteiger partial charge < -0.3 is 14.8 Å². The van der Waals surface area contributed by atoms with Gasteiger partial charge in [0.1, 0.15) is 6.29 Å². The first-order valence-corrected chi connectivity index (χ1v) is 10.8. The van der Waals surface area contributed by atoms with Gasteiger partial charge in [0, 0.05) is 6.42 Å². The Bertz CT molecular complexity index is 342. The first kappa shape index (κ1) is 24.8. The number of aldehydes is 1. The molecule has 4 heteroatoms. The van der Waals surface area contributed by atoms with Gasteiger partial charge in [0.25, 0.3) is 0 Å². The molecule has 0 aliphatic heterocycles. The molecule has 152 valence electrons. The topological polar surface area (TPSA) is 55.4 Å².